The van der Waals surface area contributed by atoms with Crippen molar-refractivity contribution in [3.8, 4) is 5.75 Å². The molecule has 0 bridgehead atoms. The highest BCUT2D eigenvalue weighted by atomic mass is 35.5. The van der Waals surface area contributed by atoms with Crippen molar-refractivity contribution in [2.75, 3.05) is 7.11 Å². The molecule has 0 fully saturated rings. The quantitative estimate of drug-likeness (QED) is 0.781. The second-order valence-electron chi connectivity index (χ2n) is 5.48. The maximum Gasteiger partial charge on any atom is 0.419 e. The molecule has 0 aliphatic carbocycles. The number of alkyl halides is 1. The molecule has 0 amide bonds. The average molecular weight is 296 g/mol. The van der Waals surface area contributed by atoms with Crippen LogP contribution in [0.2, 0.25) is 0 Å². The molecule has 0 N–H and O–H groups in total. The zero-order valence-electron chi connectivity index (χ0n) is 12.1. The summed E-state index contributed by atoms with van der Waals surface area (Å²) in [5.74, 6) is 0.924. The van der Waals surface area contributed by atoms with Gasteiger partial charge >= 0.3 is 6.09 Å². The van der Waals surface area contributed by atoms with Crippen LogP contribution in [0, 0.1) is 0 Å². The van der Waals surface area contributed by atoms with Gasteiger partial charge in [-0.15, -0.1) is 11.6 Å². The Hall–Kier alpha value is -1.68. The summed E-state index contributed by atoms with van der Waals surface area (Å²) in [4.78, 5) is 12.4. The van der Waals surface area contributed by atoms with E-state index in [9.17, 15) is 4.79 Å². The molecule has 0 unspecified atom stereocenters. The Balaban J connectivity index is 2.59. The number of hydrogen-bond acceptors (Lipinski definition) is 3. The highest BCUT2D eigenvalue weighted by molar-refractivity contribution is 6.17. The minimum atomic E-state index is -0.559. The summed E-state index contributed by atoms with van der Waals surface area (Å²) in [7, 11) is 1.60. The normalized spacial score (nSPS) is 11.7. The highest BCUT2D eigenvalue weighted by Crippen LogP contribution is 2.30. The summed E-state index contributed by atoms with van der Waals surface area (Å²) in [6.45, 7) is 5.49. The van der Waals surface area contributed by atoms with Crippen molar-refractivity contribution in [1.29, 1.82) is 0 Å². The van der Waals surface area contributed by atoms with Gasteiger partial charge in [-0.2, -0.15) is 0 Å². The molecule has 0 saturated carbocycles. The van der Waals surface area contributed by atoms with Crippen LogP contribution in [0.3, 0.4) is 0 Å². The van der Waals surface area contributed by atoms with E-state index in [1.165, 1.54) is 4.57 Å². The number of methoxy groups -OCH3 is 1. The first-order valence-corrected chi connectivity index (χ1v) is 6.87. The van der Waals surface area contributed by atoms with E-state index in [-0.39, 0.29) is 5.88 Å². The highest BCUT2D eigenvalue weighted by Gasteiger charge is 2.22. The van der Waals surface area contributed by atoms with Crippen LogP contribution < -0.4 is 4.74 Å². The largest absolute Gasteiger partial charge is 0.496 e. The molecule has 1 aromatic carbocycles. The minimum absolute atomic E-state index is 0.219. The van der Waals surface area contributed by atoms with Gasteiger partial charge in [0.15, 0.2) is 0 Å². The third kappa shape index (κ3) is 2.75. The number of ether oxygens (including phenoxy) is 2. The molecule has 2 rings (SSSR count). The number of aromatic nitrogens is 1. The number of benzene rings is 1. The van der Waals surface area contributed by atoms with Crippen LogP contribution in [0.15, 0.2) is 24.3 Å². The van der Waals surface area contributed by atoms with Crippen molar-refractivity contribution in [2.24, 2.45) is 0 Å². The smallest absolute Gasteiger partial charge is 0.419 e. The molecule has 0 spiro atoms. The predicted octanol–water partition coefficient (Wildman–Crippen LogP) is 4.17. The molecule has 1 heterocycles. The number of hydrogen-bond donors (Lipinski definition) is 0. The monoisotopic (exact) mass is 295 g/mol. The number of fused-ring (bicyclic) bond motifs is 1. The van der Waals surface area contributed by atoms with Gasteiger partial charge in [-0.3, -0.25) is 0 Å². The number of halogens is 1. The van der Waals surface area contributed by atoms with Gasteiger partial charge in [-0.05, 0) is 39.0 Å². The summed E-state index contributed by atoms with van der Waals surface area (Å²) < 4.78 is 12.2. The minimum Gasteiger partial charge on any atom is -0.496 e. The standard InChI is InChI=1S/C15H18ClNO3/c1-15(2,3)20-14(18)17-10(9-16)8-11-12(17)6-5-7-13(11)19-4/h5-8H,9H2,1-4H3. The summed E-state index contributed by atoms with van der Waals surface area (Å²) in [6.07, 6.45) is -0.434. The van der Waals surface area contributed by atoms with Crippen LogP contribution in [0.1, 0.15) is 26.5 Å². The number of carbonyl (C=O) groups is 1. The second-order valence-corrected chi connectivity index (χ2v) is 5.75. The van der Waals surface area contributed by atoms with E-state index >= 15 is 0 Å². The lowest BCUT2D eigenvalue weighted by Gasteiger charge is -2.20. The maximum absolute atomic E-state index is 12.4. The molecule has 0 atom stereocenters. The molecule has 4 nitrogen and oxygen atoms in total. The zero-order chi connectivity index (χ0) is 14.9. The van der Waals surface area contributed by atoms with Crippen LogP contribution in [-0.2, 0) is 10.6 Å². The first-order valence-electron chi connectivity index (χ1n) is 6.34. The van der Waals surface area contributed by atoms with Gasteiger partial charge in [-0.1, -0.05) is 6.07 Å². The molecule has 0 aliphatic rings. The van der Waals surface area contributed by atoms with E-state index in [1.54, 1.807) is 7.11 Å². The van der Waals surface area contributed by atoms with E-state index in [4.69, 9.17) is 21.1 Å². The van der Waals surface area contributed by atoms with Gasteiger partial charge < -0.3 is 9.47 Å². The fourth-order valence-corrected chi connectivity index (χ4v) is 2.25. The molecule has 2 aromatic rings. The van der Waals surface area contributed by atoms with E-state index in [0.717, 1.165) is 10.9 Å². The molecule has 1 aromatic heterocycles. The average Bonchev–Trinajstić information content (AvgIpc) is 2.74. The first-order chi connectivity index (χ1) is 9.37. The lowest BCUT2D eigenvalue weighted by atomic mass is 10.2. The molecular weight excluding hydrogens is 278 g/mol. The Morgan fingerprint density at radius 3 is 2.60 bits per heavy atom. The third-order valence-electron chi connectivity index (χ3n) is 2.82. The molecule has 20 heavy (non-hydrogen) atoms. The van der Waals surface area contributed by atoms with Crippen molar-refractivity contribution in [2.45, 2.75) is 32.3 Å². The Bertz CT molecular complexity index is 640. The molecule has 0 aliphatic heterocycles. The van der Waals surface area contributed by atoms with Gasteiger partial charge in [0.1, 0.15) is 11.4 Å². The van der Waals surface area contributed by atoms with Crippen LogP contribution in [0.25, 0.3) is 10.9 Å². The zero-order valence-corrected chi connectivity index (χ0v) is 12.8. The number of rotatable bonds is 2. The van der Waals surface area contributed by atoms with E-state index in [1.807, 2.05) is 45.0 Å². The van der Waals surface area contributed by atoms with Crippen molar-refractivity contribution >= 4 is 28.6 Å². The molecule has 0 saturated heterocycles. The summed E-state index contributed by atoms with van der Waals surface area (Å²) in [6, 6.07) is 7.38. The van der Waals surface area contributed by atoms with Gasteiger partial charge in [0.25, 0.3) is 0 Å². The Morgan fingerprint density at radius 2 is 2.05 bits per heavy atom. The van der Waals surface area contributed by atoms with Crippen molar-refractivity contribution in [3.63, 3.8) is 0 Å². The van der Waals surface area contributed by atoms with E-state index in [2.05, 4.69) is 0 Å². The van der Waals surface area contributed by atoms with Gasteiger partial charge in [0.05, 0.1) is 18.5 Å². The fourth-order valence-electron chi connectivity index (χ4n) is 2.06. The van der Waals surface area contributed by atoms with Crippen molar-refractivity contribution in [3.05, 3.63) is 30.0 Å². The van der Waals surface area contributed by atoms with Crippen molar-refractivity contribution < 1.29 is 14.3 Å². The predicted molar refractivity (Wildman–Crippen MR) is 79.7 cm³/mol. The topological polar surface area (TPSA) is 40.5 Å². The van der Waals surface area contributed by atoms with Gasteiger partial charge in [0.2, 0.25) is 0 Å². The lowest BCUT2D eigenvalue weighted by Crippen LogP contribution is -2.27. The third-order valence-corrected chi connectivity index (χ3v) is 3.09. The molecule has 5 heteroatoms. The first kappa shape index (κ1) is 14.7. The molecule has 0 radical (unpaired) electrons. The summed E-state index contributed by atoms with van der Waals surface area (Å²) in [5.41, 5.74) is 0.852. The van der Waals surface area contributed by atoms with Gasteiger partial charge in [0, 0.05) is 11.1 Å². The van der Waals surface area contributed by atoms with Crippen LogP contribution in [0.4, 0.5) is 4.79 Å². The SMILES string of the molecule is COc1cccc2c1cc(CCl)n2C(=O)OC(C)(C)C. The van der Waals surface area contributed by atoms with Crippen LogP contribution in [-0.4, -0.2) is 23.4 Å². The lowest BCUT2D eigenvalue weighted by molar-refractivity contribution is 0.0541. The van der Waals surface area contributed by atoms with E-state index in [0.29, 0.717) is 11.4 Å². The van der Waals surface area contributed by atoms with Crippen LogP contribution in [0.5, 0.6) is 5.75 Å². The van der Waals surface area contributed by atoms with Crippen molar-refractivity contribution in [1.82, 2.24) is 4.57 Å². The Labute approximate surface area is 123 Å². The Morgan fingerprint density at radius 1 is 1.35 bits per heavy atom. The second kappa shape index (κ2) is 5.37. The Kier molecular flexibility index (Phi) is 3.95. The molecular formula is C15H18ClNO3. The number of nitrogens with zero attached hydrogens (tertiary/aromatic N) is 1. The summed E-state index contributed by atoms with van der Waals surface area (Å²) in [5, 5.41) is 0.844. The van der Waals surface area contributed by atoms with Crippen LogP contribution >= 0.6 is 11.6 Å². The van der Waals surface area contributed by atoms with Gasteiger partial charge in [-0.25, -0.2) is 9.36 Å². The number of carbonyl (C=O) groups excluding carboxylic acids is 1. The molecule has 108 valence electrons. The van der Waals surface area contributed by atoms with E-state index < -0.39 is 11.7 Å². The maximum atomic E-state index is 12.4. The summed E-state index contributed by atoms with van der Waals surface area (Å²) >= 11 is 5.94. The fraction of sp³-hybridized carbons (Fsp3) is 0.400.